The molecule has 2 rings (SSSR count). The predicted octanol–water partition coefficient (Wildman–Crippen LogP) is 2.55. The van der Waals surface area contributed by atoms with E-state index in [1.165, 1.54) is 23.3 Å². The van der Waals surface area contributed by atoms with E-state index < -0.39 is 10.8 Å². The third-order valence-electron chi connectivity index (χ3n) is 1.25. The van der Waals surface area contributed by atoms with E-state index in [1.54, 1.807) is 0 Å². The number of nitrogens with zero attached hydrogens (tertiary/aromatic N) is 4. The van der Waals surface area contributed by atoms with Crippen LogP contribution in [-0.4, -0.2) is 28.0 Å². The van der Waals surface area contributed by atoms with E-state index in [0.29, 0.717) is 13.8 Å². The number of rotatable bonds is 4. The van der Waals surface area contributed by atoms with Crippen LogP contribution in [0, 0.1) is 0 Å². The fraction of sp³-hybridized carbons (Fsp3) is 0.200. The van der Waals surface area contributed by atoms with Crippen molar-refractivity contribution in [2.24, 2.45) is 0 Å². The average Bonchev–Trinajstić information content (AvgIpc) is 2.84. The minimum Gasteiger partial charge on any atom is -0.251 e. The highest BCUT2D eigenvalue weighted by Gasteiger charge is 2.12. The van der Waals surface area contributed by atoms with Gasteiger partial charge in [-0.3, -0.25) is 4.21 Å². The third kappa shape index (κ3) is 3.34. The minimum absolute atomic E-state index is 0.123. The summed E-state index contributed by atoms with van der Waals surface area (Å²) in [6.07, 6.45) is 0. The van der Waals surface area contributed by atoms with Gasteiger partial charge in [0.15, 0.2) is 4.34 Å². The van der Waals surface area contributed by atoms with Crippen LogP contribution < -0.4 is 0 Å². The molecule has 2 heterocycles. The van der Waals surface area contributed by atoms with Crippen LogP contribution in [0.4, 0.5) is 0 Å². The van der Waals surface area contributed by atoms with Gasteiger partial charge in [-0.2, -0.15) is 18.7 Å². The second kappa shape index (κ2) is 5.69. The molecule has 0 spiro atoms. The van der Waals surface area contributed by atoms with Crippen LogP contribution in [0.5, 0.6) is 0 Å². The fourth-order valence-corrected chi connectivity index (χ4v) is 5.12. The van der Waals surface area contributed by atoms with Gasteiger partial charge in [-0.1, -0.05) is 11.8 Å². The van der Waals surface area contributed by atoms with Crippen LogP contribution in [0.2, 0.25) is 10.6 Å². The van der Waals surface area contributed by atoms with Gasteiger partial charge in [-0.15, -0.1) is 0 Å². The summed E-state index contributed by atoms with van der Waals surface area (Å²) in [5, 5.41) is 0.659. The molecule has 11 heteroatoms. The first-order chi connectivity index (χ1) is 7.65. The minimum atomic E-state index is -1.23. The Kier molecular flexibility index (Phi) is 4.50. The van der Waals surface area contributed by atoms with E-state index >= 15 is 0 Å². The lowest BCUT2D eigenvalue weighted by atomic mass is 11.3. The molecule has 0 aliphatic rings. The number of hydrogen-bond donors (Lipinski definition) is 0. The normalized spacial score (nSPS) is 12.9. The molecule has 5 nitrogen and oxygen atoms in total. The van der Waals surface area contributed by atoms with E-state index in [0.717, 1.165) is 11.5 Å². The highest BCUT2D eigenvalue weighted by atomic mass is 35.5. The lowest BCUT2D eigenvalue weighted by molar-refractivity contribution is 0.685. The second-order valence-electron chi connectivity index (χ2n) is 2.27. The summed E-state index contributed by atoms with van der Waals surface area (Å²) in [6, 6.07) is 0. The molecule has 0 aliphatic carbocycles. The van der Waals surface area contributed by atoms with E-state index in [1.807, 2.05) is 0 Å². The van der Waals surface area contributed by atoms with E-state index in [-0.39, 0.29) is 10.6 Å². The van der Waals surface area contributed by atoms with Gasteiger partial charge in [0.05, 0.1) is 15.9 Å². The Morgan fingerprint density at radius 3 is 2.44 bits per heavy atom. The van der Waals surface area contributed by atoms with Crippen molar-refractivity contribution in [2.45, 2.75) is 8.68 Å². The van der Waals surface area contributed by atoms with Crippen molar-refractivity contribution in [1.82, 2.24) is 18.7 Å². The molecule has 2 aromatic heterocycles. The molecule has 86 valence electrons. The molecule has 1 atom stereocenters. The van der Waals surface area contributed by atoms with Gasteiger partial charge in [-0.05, 0) is 46.3 Å². The summed E-state index contributed by atoms with van der Waals surface area (Å²) in [6.45, 7) is 0. The van der Waals surface area contributed by atoms with Crippen LogP contribution in [0.3, 0.4) is 0 Å². The van der Waals surface area contributed by atoms with E-state index in [2.05, 4.69) is 18.7 Å². The van der Waals surface area contributed by atoms with Gasteiger partial charge in [0.2, 0.25) is 14.9 Å². The Bertz CT molecular complexity index is 514. The summed E-state index contributed by atoms with van der Waals surface area (Å²) < 4.78 is 20.3. The Hall–Kier alpha value is 0.200. The maximum atomic E-state index is 11.7. The van der Waals surface area contributed by atoms with Gasteiger partial charge in [0.1, 0.15) is 0 Å². The van der Waals surface area contributed by atoms with Crippen molar-refractivity contribution < 1.29 is 4.21 Å². The standard InChI is InChI=1S/C5H2Cl2N4OS4/c6-2-8-4(14-10-2)13-1-16(12)5-9-3(7)11-15-5/h1H2/t16-/m0/s1. The highest BCUT2D eigenvalue weighted by Crippen LogP contribution is 2.25. The van der Waals surface area contributed by atoms with Crippen molar-refractivity contribution >= 4 is 68.8 Å². The van der Waals surface area contributed by atoms with Crippen molar-refractivity contribution in [2.75, 3.05) is 5.08 Å². The molecule has 0 bridgehead atoms. The predicted molar refractivity (Wildman–Crippen MR) is 67.0 cm³/mol. The monoisotopic (exact) mass is 332 g/mol. The lowest BCUT2D eigenvalue weighted by Gasteiger charge is -1.93. The van der Waals surface area contributed by atoms with Crippen LogP contribution in [-0.2, 0) is 10.8 Å². The molecule has 16 heavy (non-hydrogen) atoms. The quantitative estimate of drug-likeness (QED) is 0.801. The number of thioether (sulfide) groups is 1. The van der Waals surface area contributed by atoms with Gasteiger partial charge in [0, 0.05) is 0 Å². The molecule has 0 radical (unpaired) electrons. The number of halogens is 2. The summed E-state index contributed by atoms with van der Waals surface area (Å²) in [5.41, 5.74) is 0. The summed E-state index contributed by atoms with van der Waals surface area (Å²) >= 11 is 14.6. The van der Waals surface area contributed by atoms with Gasteiger partial charge < -0.3 is 0 Å². The zero-order chi connectivity index (χ0) is 11.5. The molecule has 0 N–H and O–H groups in total. The first-order valence-electron chi connectivity index (χ1n) is 3.65. The molecule has 0 amide bonds. The van der Waals surface area contributed by atoms with Crippen LogP contribution in [0.15, 0.2) is 8.68 Å². The van der Waals surface area contributed by atoms with Crippen molar-refractivity contribution in [3.63, 3.8) is 0 Å². The molecule has 0 fully saturated rings. The summed E-state index contributed by atoms with van der Waals surface area (Å²) in [5.74, 6) is 0. The molecule has 0 unspecified atom stereocenters. The zero-order valence-corrected chi connectivity index (χ0v) is 12.1. The second-order valence-corrected chi connectivity index (χ2v) is 7.66. The first kappa shape index (κ1) is 12.7. The SMILES string of the molecule is O=[S@@](CSc1nc(Cl)ns1)c1nc(Cl)ns1. The molecular weight excluding hydrogens is 331 g/mol. The van der Waals surface area contributed by atoms with Gasteiger partial charge in [0.25, 0.3) is 0 Å². The molecular formula is C5H2Cl2N4OS4. The third-order valence-corrected chi connectivity index (χ3v) is 6.32. The maximum absolute atomic E-state index is 11.7. The average molecular weight is 333 g/mol. The van der Waals surface area contributed by atoms with Gasteiger partial charge in [-0.25, -0.2) is 0 Å². The van der Waals surface area contributed by atoms with Crippen molar-refractivity contribution in [3.05, 3.63) is 10.6 Å². The first-order valence-corrected chi connectivity index (χ1v) is 8.25. The van der Waals surface area contributed by atoms with E-state index in [4.69, 9.17) is 23.2 Å². The Labute approximate surface area is 115 Å². The van der Waals surface area contributed by atoms with Crippen LogP contribution >= 0.6 is 58.0 Å². The molecule has 0 aromatic carbocycles. The van der Waals surface area contributed by atoms with Crippen LogP contribution in [0.1, 0.15) is 0 Å². The lowest BCUT2D eigenvalue weighted by Crippen LogP contribution is -1.93. The topological polar surface area (TPSA) is 68.6 Å². The fourth-order valence-electron chi connectivity index (χ4n) is 0.691. The number of aromatic nitrogens is 4. The smallest absolute Gasteiger partial charge is 0.235 e. The Balaban J connectivity index is 1.93. The van der Waals surface area contributed by atoms with Crippen molar-refractivity contribution in [3.8, 4) is 0 Å². The Morgan fingerprint density at radius 2 is 1.88 bits per heavy atom. The molecule has 2 aromatic rings. The molecule has 0 saturated heterocycles. The molecule has 0 aliphatic heterocycles. The van der Waals surface area contributed by atoms with Crippen molar-refractivity contribution in [1.29, 1.82) is 0 Å². The summed E-state index contributed by atoms with van der Waals surface area (Å²) in [7, 11) is -1.23. The van der Waals surface area contributed by atoms with Gasteiger partial charge >= 0.3 is 0 Å². The summed E-state index contributed by atoms with van der Waals surface area (Å²) in [4.78, 5) is 7.75. The van der Waals surface area contributed by atoms with Crippen LogP contribution in [0.25, 0.3) is 0 Å². The zero-order valence-electron chi connectivity index (χ0n) is 7.29. The highest BCUT2D eigenvalue weighted by molar-refractivity contribution is 8.11. The van der Waals surface area contributed by atoms with E-state index in [9.17, 15) is 4.21 Å². The molecule has 0 saturated carbocycles. The maximum Gasteiger partial charge on any atom is 0.235 e. The Morgan fingerprint density at radius 1 is 1.19 bits per heavy atom. The largest absolute Gasteiger partial charge is 0.251 e. The number of hydrogen-bond acceptors (Lipinski definition) is 8.